The summed E-state index contributed by atoms with van der Waals surface area (Å²) in [5.41, 5.74) is 0.476. The van der Waals surface area contributed by atoms with Crippen molar-refractivity contribution < 1.29 is 4.79 Å². The van der Waals surface area contributed by atoms with Crippen molar-refractivity contribution in [2.45, 2.75) is 37.0 Å². The third kappa shape index (κ3) is 3.48. The second-order valence-electron chi connectivity index (χ2n) is 4.52. The number of rotatable bonds is 3. The third-order valence-corrected chi connectivity index (χ3v) is 5.09. The molecule has 0 spiro atoms. The van der Waals surface area contributed by atoms with E-state index < -0.39 is 0 Å². The van der Waals surface area contributed by atoms with Crippen molar-refractivity contribution in [3.05, 3.63) is 28.5 Å². The molecule has 0 saturated heterocycles. The maximum absolute atomic E-state index is 12.1. The highest BCUT2D eigenvalue weighted by Gasteiger charge is 2.23. The van der Waals surface area contributed by atoms with E-state index in [1.807, 2.05) is 23.9 Å². The van der Waals surface area contributed by atoms with Crippen LogP contribution >= 0.6 is 27.7 Å². The minimum absolute atomic E-state index is 0.0740. The van der Waals surface area contributed by atoms with Gasteiger partial charge in [0.2, 0.25) is 0 Å². The topological polar surface area (TPSA) is 42.0 Å². The van der Waals surface area contributed by atoms with Gasteiger partial charge in [0, 0.05) is 22.0 Å². The molecule has 1 N–H and O–H groups in total. The Bertz CT molecular complexity index is 419. The van der Waals surface area contributed by atoms with Crippen LogP contribution in [-0.2, 0) is 0 Å². The Morgan fingerprint density at radius 3 is 2.78 bits per heavy atom. The number of pyridine rings is 1. The number of thioether (sulfide) groups is 1. The molecule has 18 heavy (non-hydrogen) atoms. The molecule has 0 bridgehead atoms. The summed E-state index contributed by atoms with van der Waals surface area (Å²) in [5.74, 6) is -0.0740. The zero-order valence-electron chi connectivity index (χ0n) is 10.4. The number of nitrogens with one attached hydrogen (secondary N) is 1. The highest BCUT2D eigenvalue weighted by Crippen LogP contribution is 2.27. The largest absolute Gasteiger partial charge is 0.348 e. The Hall–Kier alpha value is -0.550. The van der Waals surface area contributed by atoms with Crippen LogP contribution in [0.2, 0.25) is 0 Å². The van der Waals surface area contributed by atoms with Crippen LogP contribution in [-0.4, -0.2) is 28.4 Å². The first-order valence-electron chi connectivity index (χ1n) is 6.15. The Labute approximate surface area is 120 Å². The van der Waals surface area contributed by atoms with E-state index >= 15 is 0 Å². The van der Waals surface area contributed by atoms with Crippen LogP contribution in [0.25, 0.3) is 0 Å². The highest BCUT2D eigenvalue weighted by molar-refractivity contribution is 9.10. The molecule has 0 aliphatic heterocycles. The summed E-state index contributed by atoms with van der Waals surface area (Å²) in [6, 6.07) is 3.95. The zero-order valence-corrected chi connectivity index (χ0v) is 12.8. The summed E-state index contributed by atoms with van der Waals surface area (Å²) in [4.78, 5) is 16.2. The molecule has 1 heterocycles. The van der Waals surface area contributed by atoms with Gasteiger partial charge in [-0.25, -0.2) is 4.98 Å². The van der Waals surface area contributed by atoms with Gasteiger partial charge in [-0.15, -0.1) is 0 Å². The Kier molecular flexibility index (Phi) is 5.06. The lowest BCUT2D eigenvalue weighted by Gasteiger charge is -2.27. The summed E-state index contributed by atoms with van der Waals surface area (Å²) in [5, 5.41) is 3.84. The first kappa shape index (κ1) is 13.9. The van der Waals surface area contributed by atoms with Crippen molar-refractivity contribution in [3.8, 4) is 0 Å². The van der Waals surface area contributed by atoms with Gasteiger partial charge in [0.25, 0.3) is 5.91 Å². The summed E-state index contributed by atoms with van der Waals surface area (Å²) in [7, 11) is 0. The molecule has 1 fully saturated rings. The van der Waals surface area contributed by atoms with Crippen LogP contribution in [0, 0.1) is 0 Å². The SMILES string of the molecule is CSC1CCC(NC(=O)c2ncccc2Br)CC1. The second kappa shape index (κ2) is 6.57. The molecule has 1 aliphatic carbocycles. The predicted octanol–water partition coefficient (Wildman–Crippen LogP) is 3.25. The van der Waals surface area contributed by atoms with Crippen molar-refractivity contribution in [1.82, 2.24) is 10.3 Å². The molecule has 0 atom stereocenters. The molecule has 3 nitrogen and oxygen atoms in total. The van der Waals surface area contributed by atoms with Gasteiger partial charge < -0.3 is 5.32 Å². The molecule has 1 saturated carbocycles. The van der Waals surface area contributed by atoms with Crippen molar-refractivity contribution >= 4 is 33.6 Å². The van der Waals surface area contributed by atoms with E-state index in [0.717, 1.165) is 22.6 Å². The van der Waals surface area contributed by atoms with Crippen molar-refractivity contribution in [2.75, 3.05) is 6.26 Å². The standard InChI is InChI=1S/C13H17BrN2OS/c1-18-10-6-4-9(5-7-10)16-13(17)12-11(14)3-2-8-15-12/h2-3,8-10H,4-7H2,1H3,(H,16,17). The van der Waals surface area contributed by atoms with E-state index in [1.165, 1.54) is 12.8 Å². The quantitative estimate of drug-likeness (QED) is 0.926. The Morgan fingerprint density at radius 2 is 2.17 bits per heavy atom. The van der Waals surface area contributed by atoms with Gasteiger partial charge in [0.05, 0.1) is 0 Å². The maximum Gasteiger partial charge on any atom is 0.271 e. The van der Waals surface area contributed by atoms with Gasteiger partial charge in [-0.2, -0.15) is 11.8 Å². The Balaban J connectivity index is 1.91. The molecule has 0 unspecified atom stereocenters. The van der Waals surface area contributed by atoms with E-state index in [0.29, 0.717) is 11.7 Å². The molecule has 1 aliphatic rings. The van der Waals surface area contributed by atoms with Gasteiger partial charge >= 0.3 is 0 Å². The minimum atomic E-state index is -0.0740. The fourth-order valence-corrected chi connectivity index (χ4v) is 3.43. The number of halogens is 1. The molecule has 98 valence electrons. The average Bonchev–Trinajstić information content (AvgIpc) is 2.40. The molecule has 1 aromatic rings. The molecule has 1 aromatic heterocycles. The first-order chi connectivity index (χ1) is 8.70. The van der Waals surface area contributed by atoms with Crippen LogP contribution in [0.3, 0.4) is 0 Å². The molecule has 2 rings (SSSR count). The van der Waals surface area contributed by atoms with Crippen LogP contribution in [0.1, 0.15) is 36.2 Å². The second-order valence-corrected chi connectivity index (χ2v) is 6.51. The zero-order chi connectivity index (χ0) is 13.0. The predicted molar refractivity (Wildman–Crippen MR) is 79.0 cm³/mol. The van der Waals surface area contributed by atoms with Crippen LogP contribution < -0.4 is 5.32 Å². The highest BCUT2D eigenvalue weighted by atomic mass is 79.9. The first-order valence-corrected chi connectivity index (χ1v) is 8.23. The van der Waals surface area contributed by atoms with Crippen molar-refractivity contribution in [2.24, 2.45) is 0 Å². The van der Waals surface area contributed by atoms with Crippen molar-refractivity contribution in [1.29, 1.82) is 0 Å². The van der Waals surface area contributed by atoms with Gasteiger partial charge in [0.1, 0.15) is 5.69 Å². The van der Waals surface area contributed by atoms with Crippen LogP contribution in [0.4, 0.5) is 0 Å². The lowest BCUT2D eigenvalue weighted by atomic mass is 9.95. The lowest BCUT2D eigenvalue weighted by Crippen LogP contribution is -2.38. The Morgan fingerprint density at radius 1 is 1.44 bits per heavy atom. The summed E-state index contributed by atoms with van der Waals surface area (Å²) in [6.45, 7) is 0. The monoisotopic (exact) mass is 328 g/mol. The average molecular weight is 329 g/mol. The number of carbonyl (C=O) groups is 1. The summed E-state index contributed by atoms with van der Waals surface area (Å²) >= 11 is 5.29. The normalized spacial score (nSPS) is 23.7. The number of aromatic nitrogens is 1. The third-order valence-electron chi connectivity index (χ3n) is 3.32. The molecule has 0 radical (unpaired) electrons. The molecule has 0 aromatic carbocycles. The van der Waals surface area contributed by atoms with E-state index in [1.54, 1.807) is 6.20 Å². The van der Waals surface area contributed by atoms with Gasteiger partial charge in [0.15, 0.2) is 0 Å². The molecule has 5 heteroatoms. The van der Waals surface area contributed by atoms with Gasteiger partial charge in [-0.3, -0.25) is 4.79 Å². The fraction of sp³-hybridized carbons (Fsp3) is 0.538. The lowest BCUT2D eigenvalue weighted by molar-refractivity contribution is 0.0922. The van der Waals surface area contributed by atoms with Gasteiger partial charge in [-0.05, 0) is 60.0 Å². The number of hydrogen-bond donors (Lipinski definition) is 1. The molecular weight excluding hydrogens is 312 g/mol. The van der Waals surface area contributed by atoms with E-state index in [4.69, 9.17) is 0 Å². The minimum Gasteiger partial charge on any atom is -0.348 e. The van der Waals surface area contributed by atoms with Crippen LogP contribution in [0.15, 0.2) is 22.8 Å². The number of nitrogens with zero attached hydrogens (tertiary/aromatic N) is 1. The van der Waals surface area contributed by atoms with E-state index in [9.17, 15) is 4.79 Å². The van der Waals surface area contributed by atoms with Crippen LogP contribution in [0.5, 0.6) is 0 Å². The number of carbonyl (C=O) groups excluding carboxylic acids is 1. The van der Waals surface area contributed by atoms with Gasteiger partial charge in [-0.1, -0.05) is 0 Å². The van der Waals surface area contributed by atoms with E-state index in [2.05, 4.69) is 32.5 Å². The molecule has 1 amide bonds. The fourth-order valence-electron chi connectivity index (χ4n) is 2.25. The number of hydrogen-bond acceptors (Lipinski definition) is 3. The van der Waals surface area contributed by atoms with Crippen molar-refractivity contribution in [3.63, 3.8) is 0 Å². The summed E-state index contributed by atoms with van der Waals surface area (Å²) in [6.07, 6.45) is 8.33. The maximum atomic E-state index is 12.1. The summed E-state index contributed by atoms with van der Waals surface area (Å²) < 4.78 is 0.750. The smallest absolute Gasteiger partial charge is 0.271 e. The molecular formula is C13H17BrN2OS. The number of amides is 1. The van der Waals surface area contributed by atoms with E-state index in [-0.39, 0.29) is 5.91 Å².